The summed E-state index contributed by atoms with van der Waals surface area (Å²) in [5, 5.41) is 0. The number of carbonyl (C=O) groups excluding carboxylic acids is 1. The first-order valence-corrected chi connectivity index (χ1v) is 9.15. The molecule has 0 atom stereocenters. The summed E-state index contributed by atoms with van der Waals surface area (Å²) >= 11 is 0. The molecule has 0 heterocycles. The van der Waals surface area contributed by atoms with Crippen LogP contribution in [0.1, 0.15) is 17.5 Å². The fourth-order valence-corrected chi connectivity index (χ4v) is 3.43. The van der Waals surface area contributed by atoms with Crippen molar-refractivity contribution in [2.75, 3.05) is 19.0 Å². The molecule has 2 aromatic carbocycles. The van der Waals surface area contributed by atoms with Crippen LogP contribution in [0.5, 0.6) is 0 Å². The fraction of sp³-hybridized carbons (Fsp3) is 0.278. The van der Waals surface area contributed by atoms with Gasteiger partial charge in [-0.1, -0.05) is 36.4 Å². The molecule has 0 aromatic heterocycles. The molecule has 0 aliphatic heterocycles. The van der Waals surface area contributed by atoms with Crippen LogP contribution in [-0.2, 0) is 21.2 Å². The van der Waals surface area contributed by atoms with Crippen LogP contribution < -0.4 is 9.62 Å². The number of rotatable bonds is 6. The van der Waals surface area contributed by atoms with Gasteiger partial charge in [0.1, 0.15) is 0 Å². The highest BCUT2D eigenvalue weighted by Crippen LogP contribution is 2.22. The summed E-state index contributed by atoms with van der Waals surface area (Å²) in [5.74, 6) is -0.508. The lowest BCUT2D eigenvalue weighted by atomic mass is 10.1. The highest BCUT2D eigenvalue weighted by Gasteiger charge is 2.19. The van der Waals surface area contributed by atoms with Gasteiger partial charge in [0.05, 0.1) is 4.90 Å². The number of hydrogen-bond donors (Lipinski definition) is 1. The molecule has 0 saturated heterocycles. The van der Waals surface area contributed by atoms with Crippen LogP contribution in [0.3, 0.4) is 0 Å². The van der Waals surface area contributed by atoms with Gasteiger partial charge in [-0.3, -0.25) is 4.79 Å². The van der Waals surface area contributed by atoms with Crippen LogP contribution in [-0.4, -0.2) is 28.4 Å². The Balaban J connectivity index is 2.08. The molecule has 2 aromatic rings. The average Bonchev–Trinajstić information content (AvgIpc) is 2.53. The van der Waals surface area contributed by atoms with Crippen molar-refractivity contribution in [2.45, 2.75) is 24.7 Å². The maximum atomic E-state index is 12.4. The molecule has 1 N–H and O–H groups in total. The van der Waals surface area contributed by atoms with Crippen molar-refractivity contribution in [1.29, 1.82) is 0 Å². The molecular formula is C18H22N2O3S. The first-order valence-electron chi connectivity index (χ1n) is 7.67. The van der Waals surface area contributed by atoms with Gasteiger partial charge in [-0.05, 0) is 36.6 Å². The molecule has 0 fully saturated rings. The Hall–Kier alpha value is -2.34. The number of anilines is 1. The summed E-state index contributed by atoms with van der Waals surface area (Å²) in [6.07, 6.45) is 0.620. The number of carbonyl (C=O) groups is 1. The number of benzene rings is 2. The third-order valence-corrected chi connectivity index (χ3v) is 5.08. The largest absolute Gasteiger partial charge is 0.377 e. The van der Waals surface area contributed by atoms with Crippen molar-refractivity contribution in [1.82, 2.24) is 4.72 Å². The van der Waals surface area contributed by atoms with Crippen LogP contribution in [0.2, 0.25) is 0 Å². The molecule has 5 nitrogen and oxygen atoms in total. The van der Waals surface area contributed by atoms with E-state index in [4.69, 9.17) is 0 Å². The minimum atomic E-state index is -3.86. The van der Waals surface area contributed by atoms with Gasteiger partial charge in [0.25, 0.3) is 10.0 Å². The quantitative estimate of drug-likeness (QED) is 0.873. The van der Waals surface area contributed by atoms with Crippen LogP contribution in [0, 0.1) is 6.92 Å². The number of nitrogens with zero attached hydrogens (tertiary/aromatic N) is 1. The van der Waals surface area contributed by atoms with Crippen LogP contribution >= 0.6 is 0 Å². The van der Waals surface area contributed by atoms with Crippen molar-refractivity contribution in [2.24, 2.45) is 0 Å². The van der Waals surface area contributed by atoms with Crippen molar-refractivity contribution in [3.63, 3.8) is 0 Å². The topological polar surface area (TPSA) is 66.5 Å². The SMILES string of the molecule is Cc1ccc(S(=O)(=O)NC(=O)CCc2ccccc2)cc1N(C)C. The molecule has 128 valence electrons. The van der Waals surface area contributed by atoms with Gasteiger partial charge in [0, 0.05) is 26.2 Å². The van der Waals surface area contributed by atoms with E-state index in [-0.39, 0.29) is 11.3 Å². The predicted molar refractivity (Wildman–Crippen MR) is 95.6 cm³/mol. The van der Waals surface area contributed by atoms with E-state index >= 15 is 0 Å². The van der Waals surface area contributed by atoms with Crippen molar-refractivity contribution >= 4 is 21.6 Å². The van der Waals surface area contributed by atoms with E-state index in [1.807, 2.05) is 56.3 Å². The smallest absolute Gasteiger partial charge is 0.264 e. The highest BCUT2D eigenvalue weighted by molar-refractivity contribution is 7.90. The monoisotopic (exact) mass is 346 g/mol. The lowest BCUT2D eigenvalue weighted by molar-refractivity contribution is -0.119. The molecule has 0 radical (unpaired) electrons. The van der Waals surface area contributed by atoms with E-state index in [0.717, 1.165) is 16.8 Å². The summed E-state index contributed by atoms with van der Waals surface area (Å²) < 4.78 is 26.9. The molecule has 0 saturated carbocycles. The summed E-state index contributed by atoms with van der Waals surface area (Å²) in [6.45, 7) is 1.91. The standard InChI is InChI=1S/C18H22N2O3S/c1-14-9-11-16(13-17(14)20(2)3)24(22,23)19-18(21)12-10-15-7-5-4-6-8-15/h4-9,11,13H,10,12H2,1-3H3,(H,19,21). The first-order chi connectivity index (χ1) is 11.3. The Bertz CT molecular complexity index is 815. The number of hydrogen-bond acceptors (Lipinski definition) is 4. The summed E-state index contributed by atoms with van der Waals surface area (Å²) in [5.41, 5.74) is 2.76. The van der Waals surface area contributed by atoms with Crippen molar-refractivity contribution in [3.05, 3.63) is 59.7 Å². The molecule has 0 aliphatic rings. The molecule has 0 bridgehead atoms. The second kappa shape index (κ2) is 7.49. The number of nitrogens with one attached hydrogen (secondary N) is 1. The summed E-state index contributed by atoms with van der Waals surface area (Å²) in [4.78, 5) is 13.9. The van der Waals surface area contributed by atoms with Gasteiger partial charge in [-0.15, -0.1) is 0 Å². The third kappa shape index (κ3) is 4.58. The Morgan fingerprint density at radius 2 is 1.75 bits per heavy atom. The van der Waals surface area contributed by atoms with E-state index in [1.54, 1.807) is 12.1 Å². The zero-order chi connectivity index (χ0) is 17.7. The van der Waals surface area contributed by atoms with Crippen molar-refractivity contribution < 1.29 is 13.2 Å². The molecular weight excluding hydrogens is 324 g/mol. The second-order valence-corrected chi connectivity index (χ2v) is 7.54. The van der Waals surface area contributed by atoms with E-state index in [0.29, 0.717) is 6.42 Å². The minimum Gasteiger partial charge on any atom is -0.377 e. The molecule has 24 heavy (non-hydrogen) atoms. The fourth-order valence-electron chi connectivity index (χ4n) is 2.40. The Kier molecular flexibility index (Phi) is 5.62. The van der Waals surface area contributed by atoms with Gasteiger partial charge in [0.15, 0.2) is 0 Å². The van der Waals surface area contributed by atoms with Gasteiger partial charge >= 0.3 is 0 Å². The lowest BCUT2D eigenvalue weighted by Gasteiger charge is -2.17. The first kappa shape index (κ1) is 18.0. The number of aryl methyl sites for hydroxylation is 2. The van der Waals surface area contributed by atoms with Crippen LogP contribution in [0.25, 0.3) is 0 Å². The minimum absolute atomic E-state index is 0.0878. The molecule has 2 rings (SSSR count). The number of sulfonamides is 1. The predicted octanol–water partition coefficient (Wildman–Crippen LogP) is 2.50. The average molecular weight is 346 g/mol. The summed E-state index contributed by atoms with van der Waals surface area (Å²) in [6, 6.07) is 14.3. The molecule has 0 unspecified atom stereocenters. The molecule has 6 heteroatoms. The zero-order valence-electron chi connectivity index (χ0n) is 14.1. The molecule has 1 amide bonds. The highest BCUT2D eigenvalue weighted by atomic mass is 32.2. The lowest BCUT2D eigenvalue weighted by Crippen LogP contribution is -2.30. The second-order valence-electron chi connectivity index (χ2n) is 5.86. The van der Waals surface area contributed by atoms with E-state index < -0.39 is 15.9 Å². The Morgan fingerprint density at radius 1 is 1.08 bits per heavy atom. The van der Waals surface area contributed by atoms with E-state index in [9.17, 15) is 13.2 Å². The van der Waals surface area contributed by atoms with E-state index in [1.165, 1.54) is 6.07 Å². The van der Waals surface area contributed by atoms with Crippen LogP contribution in [0.4, 0.5) is 5.69 Å². The Labute approximate surface area is 143 Å². The molecule has 0 aliphatic carbocycles. The van der Waals surface area contributed by atoms with Gasteiger partial charge in [-0.25, -0.2) is 13.1 Å². The maximum absolute atomic E-state index is 12.4. The van der Waals surface area contributed by atoms with Gasteiger partial charge in [-0.2, -0.15) is 0 Å². The third-order valence-electron chi connectivity index (χ3n) is 3.70. The normalized spacial score (nSPS) is 11.1. The molecule has 0 spiro atoms. The zero-order valence-corrected chi connectivity index (χ0v) is 14.9. The van der Waals surface area contributed by atoms with Gasteiger partial charge in [0.2, 0.25) is 5.91 Å². The van der Waals surface area contributed by atoms with E-state index in [2.05, 4.69) is 4.72 Å². The summed E-state index contributed by atoms with van der Waals surface area (Å²) in [7, 11) is -0.174. The van der Waals surface area contributed by atoms with Gasteiger partial charge < -0.3 is 4.90 Å². The van der Waals surface area contributed by atoms with Crippen molar-refractivity contribution in [3.8, 4) is 0 Å². The number of amides is 1. The Morgan fingerprint density at radius 3 is 2.38 bits per heavy atom. The maximum Gasteiger partial charge on any atom is 0.264 e. The van der Waals surface area contributed by atoms with Crippen LogP contribution in [0.15, 0.2) is 53.4 Å².